The normalized spacial score (nSPS) is 18.0. The fourth-order valence-electron chi connectivity index (χ4n) is 3.75. The Hall–Kier alpha value is -3.92. The number of anilines is 1. The summed E-state index contributed by atoms with van der Waals surface area (Å²) in [6.07, 6.45) is 3.31. The van der Waals surface area contributed by atoms with Crippen LogP contribution >= 0.6 is 0 Å². The van der Waals surface area contributed by atoms with Crippen molar-refractivity contribution in [2.24, 2.45) is 0 Å². The molecule has 31 heavy (non-hydrogen) atoms. The molecule has 0 radical (unpaired) electrons. The summed E-state index contributed by atoms with van der Waals surface area (Å²) in [7, 11) is 0. The molecule has 1 aromatic carbocycles. The van der Waals surface area contributed by atoms with Crippen LogP contribution in [-0.2, 0) is 11.2 Å². The van der Waals surface area contributed by atoms with Crippen LogP contribution in [-0.4, -0.2) is 37.1 Å². The molecule has 5 rings (SSSR count). The van der Waals surface area contributed by atoms with E-state index in [1.54, 1.807) is 6.20 Å². The molecule has 4 heterocycles. The second-order valence-electron chi connectivity index (χ2n) is 7.18. The highest BCUT2D eigenvalue weighted by Crippen LogP contribution is 2.30. The summed E-state index contributed by atoms with van der Waals surface area (Å²) in [5.74, 6) is -2.16. The maximum Gasteiger partial charge on any atom is 0.321 e. The van der Waals surface area contributed by atoms with Crippen LogP contribution in [0.15, 0.2) is 48.9 Å². The van der Waals surface area contributed by atoms with Crippen molar-refractivity contribution >= 4 is 22.8 Å². The standard InChI is InChI=1S/C21H16F2N6O2/c22-11-6-13-14(8-25-17(13)24-7-11)18-26-9-15(23)20(28-18)29-19-12-4-2-1-3-10(12)5-16(27-19)21(30)31/h1-4,6-9,16,19,27H,5H2,(H,24,25)(H,30,31)(H,26,28,29). The monoisotopic (exact) mass is 422 g/mol. The second kappa shape index (κ2) is 7.40. The van der Waals surface area contributed by atoms with E-state index in [2.05, 4.69) is 30.6 Å². The number of H-pyrrole nitrogens is 1. The van der Waals surface area contributed by atoms with Gasteiger partial charge >= 0.3 is 5.97 Å². The van der Waals surface area contributed by atoms with Crippen LogP contribution < -0.4 is 10.6 Å². The highest BCUT2D eigenvalue weighted by Gasteiger charge is 2.30. The molecular formula is C21H16F2N6O2. The molecule has 4 aromatic rings. The number of hydrogen-bond donors (Lipinski definition) is 4. The fraction of sp³-hybridized carbons (Fsp3) is 0.143. The summed E-state index contributed by atoms with van der Waals surface area (Å²) in [5.41, 5.74) is 2.56. The largest absolute Gasteiger partial charge is 0.480 e. The van der Waals surface area contributed by atoms with Gasteiger partial charge in [0, 0.05) is 17.1 Å². The van der Waals surface area contributed by atoms with Gasteiger partial charge in [-0.25, -0.2) is 23.7 Å². The van der Waals surface area contributed by atoms with Gasteiger partial charge in [-0.05, 0) is 23.6 Å². The number of aromatic nitrogens is 4. The number of aliphatic carboxylic acids is 1. The summed E-state index contributed by atoms with van der Waals surface area (Å²) in [5, 5.41) is 15.9. The number of carboxylic acids is 1. The average molecular weight is 422 g/mol. The predicted molar refractivity (Wildman–Crippen MR) is 108 cm³/mol. The van der Waals surface area contributed by atoms with Gasteiger partial charge in [-0.1, -0.05) is 24.3 Å². The third-order valence-electron chi connectivity index (χ3n) is 5.22. The van der Waals surface area contributed by atoms with Crippen molar-refractivity contribution in [1.82, 2.24) is 25.3 Å². The average Bonchev–Trinajstić information content (AvgIpc) is 3.18. The molecule has 0 fully saturated rings. The molecule has 2 unspecified atom stereocenters. The van der Waals surface area contributed by atoms with Crippen LogP contribution in [0.3, 0.4) is 0 Å². The molecule has 0 saturated heterocycles. The summed E-state index contributed by atoms with van der Waals surface area (Å²) in [4.78, 5) is 26.7. The number of nitrogens with one attached hydrogen (secondary N) is 3. The number of halogens is 2. The van der Waals surface area contributed by atoms with E-state index in [0.717, 1.165) is 23.5 Å². The van der Waals surface area contributed by atoms with E-state index in [1.165, 1.54) is 6.07 Å². The maximum absolute atomic E-state index is 14.6. The zero-order chi connectivity index (χ0) is 21.5. The lowest BCUT2D eigenvalue weighted by Crippen LogP contribution is -2.47. The molecular weight excluding hydrogens is 406 g/mol. The second-order valence-corrected chi connectivity index (χ2v) is 7.18. The third kappa shape index (κ3) is 3.46. The molecule has 1 aliphatic rings. The highest BCUT2D eigenvalue weighted by molar-refractivity contribution is 5.91. The quantitative estimate of drug-likeness (QED) is 0.400. The molecule has 4 N–H and O–H groups in total. The minimum atomic E-state index is -1.00. The number of aromatic amines is 1. The van der Waals surface area contributed by atoms with E-state index in [9.17, 15) is 18.7 Å². The first-order chi connectivity index (χ1) is 15.0. The number of rotatable bonds is 4. The molecule has 1 aliphatic heterocycles. The Bertz CT molecular complexity index is 1310. The number of carbonyl (C=O) groups is 1. The van der Waals surface area contributed by atoms with Gasteiger partial charge in [-0.3, -0.25) is 10.1 Å². The zero-order valence-corrected chi connectivity index (χ0v) is 15.9. The number of fused-ring (bicyclic) bond motifs is 2. The number of pyridine rings is 1. The molecule has 0 saturated carbocycles. The number of benzene rings is 1. The van der Waals surface area contributed by atoms with Crippen molar-refractivity contribution in [1.29, 1.82) is 0 Å². The summed E-state index contributed by atoms with van der Waals surface area (Å²) >= 11 is 0. The lowest BCUT2D eigenvalue weighted by molar-refractivity contribution is -0.139. The fourth-order valence-corrected chi connectivity index (χ4v) is 3.75. The van der Waals surface area contributed by atoms with Gasteiger partial charge in [-0.2, -0.15) is 0 Å². The van der Waals surface area contributed by atoms with Gasteiger partial charge < -0.3 is 15.4 Å². The topological polar surface area (TPSA) is 116 Å². The SMILES string of the molecule is O=C(O)C1Cc2ccccc2C(Nc2nc(-c3c[nH]c4ncc(F)cc34)ncc2F)N1. The molecule has 10 heteroatoms. The first-order valence-corrected chi connectivity index (χ1v) is 9.48. The van der Waals surface area contributed by atoms with E-state index >= 15 is 0 Å². The predicted octanol–water partition coefficient (Wildman–Crippen LogP) is 3.01. The Morgan fingerprint density at radius 1 is 1.19 bits per heavy atom. The molecule has 156 valence electrons. The van der Waals surface area contributed by atoms with Crippen molar-refractivity contribution in [3.8, 4) is 11.4 Å². The third-order valence-corrected chi connectivity index (χ3v) is 5.22. The number of nitrogens with zero attached hydrogens (tertiary/aromatic N) is 3. The number of carboxylic acid groups (broad SMARTS) is 1. The van der Waals surface area contributed by atoms with Crippen molar-refractivity contribution in [2.45, 2.75) is 18.6 Å². The lowest BCUT2D eigenvalue weighted by atomic mass is 9.93. The zero-order valence-electron chi connectivity index (χ0n) is 15.9. The van der Waals surface area contributed by atoms with E-state index in [0.29, 0.717) is 23.0 Å². The summed E-state index contributed by atoms with van der Waals surface area (Å²) in [6.45, 7) is 0. The van der Waals surface area contributed by atoms with Crippen molar-refractivity contribution < 1.29 is 18.7 Å². The molecule has 0 aliphatic carbocycles. The maximum atomic E-state index is 14.6. The number of hydrogen-bond acceptors (Lipinski definition) is 6. The Kier molecular flexibility index (Phi) is 4.55. The molecule has 2 atom stereocenters. The molecule has 0 amide bonds. The van der Waals surface area contributed by atoms with Gasteiger partial charge in [0.25, 0.3) is 0 Å². The van der Waals surface area contributed by atoms with E-state index in [4.69, 9.17) is 0 Å². The molecule has 8 nitrogen and oxygen atoms in total. The Morgan fingerprint density at radius 2 is 2.03 bits per heavy atom. The molecule has 0 bridgehead atoms. The first kappa shape index (κ1) is 19.1. The Balaban J connectivity index is 1.53. The lowest BCUT2D eigenvalue weighted by Gasteiger charge is -2.32. The van der Waals surface area contributed by atoms with E-state index in [-0.39, 0.29) is 11.6 Å². The van der Waals surface area contributed by atoms with Gasteiger partial charge in [0.2, 0.25) is 0 Å². The van der Waals surface area contributed by atoms with Crippen LogP contribution in [0, 0.1) is 11.6 Å². The van der Waals surface area contributed by atoms with Gasteiger partial charge in [0.15, 0.2) is 17.5 Å². The van der Waals surface area contributed by atoms with Crippen LogP contribution in [0.1, 0.15) is 17.3 Å². The molecule has 0 spiro atoms. The summed E-state index contributed by atoms with van der Waals surface area (Å²) < 4.78 is 28.2. The smallest absolute Gasteiger partial charge is 0.321 e. The highest BCUT2D eigenvalue weighted by atomic mass is 19.1. The van der Waals surface area contributed by atoms with E-state index < -0.39 is 29.8 Å². The Labute approximate surface area is 174 Å². The van der Waals surface area contributed by atoms with Crippen molar-refractivity contribution in [2.75, 3.05) is 5.32 Å². The van der Waals surface area contributed by atoms with Crippen LogP contribution in [0.2, 0.25) is 0 Å². The van der Waals surface area contributed by atoms with Gasteiger partial charge in [0.1, 0.15) is 23.7 Å². The van der Waals surface area contributed by atoms with Crippen molar-refractivity contribution in [3.05, 3.63) is 71.7 Å². The summed E-state index contributed by atoms with van der Waals surface area (Å²) in [6, 6.07) is 7.80. The van der Waals surface area contributed by atoms with Gasteiger partial charge in [0.05, 0.1) is 12.4 Å². The van der Waals surface area contributed by atoms with Crippen LogP contribution in [0.5, 0.6) is 0 Å². The Morgan fingerprint density at radius 3 is 2.87 bits per heavy atom. The minimum Gasteiger partial charge on any atom is -0.480 e. The molecule has 3 aromatic heterocycles. The first-order valence-electron chi connectivity index (χ1n) is 9.48. The van der Waals surface area contributed by atoms with E-state index in [1.807, 2.05) is 24.3 Å². The van der Waals surface area contributed by atoms with Crippen LogP contribution in [0.25, 0.3) is 22.4 Å². The van der Waals surface area contributed by atoms with Crippen molar-refractivity contribution in [3.63, 3.8) is 0 Å². The van der Waals surface area contributed by atoms with Gasteiger partial charge in [-0.15, -0.1) is 0 Å². The minimum absolute atomic E-state index is 0.109. The van der Waals surface area contributed by atoms with Crippen LogP contribution in [0.4, 0.5) is 14.6 Å².